The molecule has 0 radical (unpaired) electrons. The zero-order valence-corrected chi connectivity index (χ0v) is 11.3. The monoisotopic (exact) mass is 248 g/mol. The molecule has 18 heavy (non-hydrogen) atoms. The summed E-state index contributed by atoms with van der Waals surface area (Å²) in [4.78, 5) is 6.67. The molecule has 1 aromatic rings. The number of amidine groups is 1. The molecule has 0 unspecified atom stereocenters. The van der Waals surface area contributed by atoms with Gasteiger partial charge < -0.3 is 14.4 Å². The van der Waals surface area contributed by atoms with Gasteiger partial charge in [0.2, 0.25) is 0 Å². The van der Waals surface area contributed by atoms with Crippen molar-refractivity contribution in [2.75, 3.05) is 33.4 Å². The van der Waals surface area contributed by atoms with Gasteiger partial charge in [-0.25, -0.2) is 0 Å². The van der Waals surface area contributed by atoms with Crippen LogP contribution < -0.4 is 9.47 Å². The number of benzene rings is 1. The van der Waals surface area contributed by atoms with Gasteiger partial charge in [0.25, 0.3) is 0 Å². The second-order valence-corrected chi connectivity index (χ2v) is 4.15. The van der Waals surface area contributed by atoms with Crippen LogP contribution in [0.1, 0.15) is 19.4 Å². The summed E-state index contributed by atoms with van der Waals surface area (Å²) in [7, 11) is 2.06. The highest BCUT2D eigenvalue weighted by Crippen LogP contribution is 2.29. The second-order valence-electron chi connectivity index (χ2n) is 4.15. The van der Waals surface area contributed by atoms with Gasteiger partial charge in [-0.2, -0.15) is 0 Å². The van der Waals surface area contributed by atoms with Crippen LogP contribution in [-0.4, -0.2) is 44.1 Å². The number of likely N-dealkylation sites (N-methyl/N-ethyl adjacent to an activating group) is 1. The van der Waals surface area contributed by atoms with Gasteiger partial charge >= 0.3 is 0 Å². The van der Waals surface area contributed by atoms with Crippen LogP contribution in [0.15, 0.2) is 23.2 Å². The molecule has 0 fully saturated rings. The first kappa shape index (κ1) is 12.7. The minimum absolute atomic E-state index is 0.631. The Hall–Kier alpha value is -1.71. The van der Waals surface area contributed by atoms with E-state index in [9.17, 15) is 0 Å². The zero-order valence-electron chi connectivity index (χ0n) is 11.3. The Kier molecular flexibility index (Phi) is 4.07. The molecule has 0 atom stereocenters. The number of nitrogens with zero attached hydrogens (tertiary/aromatic N) is 2. The van der Waals surface area contributed by atoms with Crippen molar-refractivity contribution in [3.63, 3.8) is 0 Å². The van der Waals surface area contributed by atoms with E-state index in [2.05, 4.69) is 16.9 Å². The van der Waals surface area contributed by atoms with Crippen LogP contribution in [0.3, 0.4) is 0 Å². The number of hydrogen-bond acceptors (Lipinski definition) is 4. The van der Waals surface area contributed by atoms with Crippen LogP contribution in [0, 0.1) is 0 Å². The van der Waals surface area contributed by atoms with E-state index in [0.717, 1.165) is 36.0 Å². The van der Waals surface area contributed by atoms with E-state index in [-0.39, 0.29) is 0 Å². The van der Waals surface area contributed by atoms with Crippen molar-refractivity contribution in [2.45, 2.75) is 13.8 Å². The third kappa shape index (κ3) is 2.58. The SMILES string of the molecule is CCOc1ccc(C2=NCCN2C)cc1OCC. The molecule has 0 saturated carbocycles. The Bertz CT molecular complexity index is 443. The Morgan fingerprint density at radius 1 is 1.17 bits per heavy atom. The lowest BCUT2D eigenvalue weighted by Crippen LogP contribution is -2.23. The highest BCUT2D eigenvalue weighted by atomic mass is 16.5. The van der Waals surface area contributed by atoms with E-state index in [0.29, 0.717) is 13.2 Å². The van der Waals surface area contributed by atoms with E-state index in [1.807, 2.05) is 32.0 Å². The van der Waals surface area contributed by atoms with E-state index in [4.69, 9.17) is 9.47 Å². The molecule has 0 bridgehead atoms. The summed E-state index contributed by atoms with van der Waals surface area (Å²) in [6, 6.07) is 6.00. The average molecular weight is 248 g/mol. The quantitative estimate of drug-likeness (QED) is 0.801. The van der Waals surface area contributed by atoms with Crippen molar-refractivity contribution in [3.05, 3.63) is 23.8 Å². The largest absolute Gasteiger partial charge is 0.490 e. The molecule has 4 nitrogen and oxygen atoms in total. The predicted molar refractivity (Wildman–Crippen MR) is 72.8 cm³/mol. The molecule has 1 aliphatic heterocycles. The van der Waals surface area contributed by atoms with Gasteiger partial charge in [-0.15, -0.1) is 0 Å². The second kappa shape index (κ2) is 5.76. The minimum atomic E-state index is 0.631. The maximum absolute atomic E-state index is 5.63. The van der Waals surface area contributed by atoms with Gasteiger partial charge in [0.05, 0.1) is 19.8 Å². The number of rotatable bonds is 5. The minimum Gasteiger partial charge on any atom is -0.490 e. The van der Waals surface area contributed by atoms with Gasteiger partial charge in [-0.1, -0.05) is 0 Å². The maximum atomic E-state index is 5.63. The topological polar surface area (TPSA) is 34.1 Å². The molecular formula is C14H20N2O2. The van der Waals surface area contributed by atoms with E-state index in [1.54, 1.807) is 0 Å². The van der Waals surface area contributed by atoms with Crippen molar-refractivity contribution in [1.82, 2.24) is 4.90 Å². The molecule has 0 saturated heterocycles. The lowest BCUT2D eigenvalue weighted by molar-refractivity contribution is 0.287. The van der Waals surface area contributed by atoms with E-state index < -0.39 is 0 Å². The fourth-order valence-corrected chi connectivity index (χ4v) is 2.03. The van der Waals surface area contributed by atoms with Crippen molar-refractivity contribution in [3.8, 4) is 11.5 Å². The Morgan fingerprint density at radius 3 is 2.50 bits per heavy atom. The van der Waals surface area contributed by atoms with E-state index >= 15 is 0 Å². The highest BCUT2D eigenvalue weighted by Gasteiger charge is 2.16. The third-order valence-corrected chi connectivity index (χ3v) is 2.86. The van der Waals surface area contributed by atoms with Gasteiger partial charge in [0.15, 0.2) is 11.5 Å². The molecule has 2 rings (SSSR count). The Morgan fingerprint density at radius 2 is 1.89 bits per heavy atom. The van der Waals surface area contributed by atoms with Crippen molar-refractivity contribution >= 4 is 5.84 Å². The van der Waals surface area contributed by atoms with Crippen LogP contribution in [0.4, 0.5) is 0 Å². The number of ether oxygens (including phenoxy) is 2. The first-order valence-electron chi connectivity index (χ1n) is 6.41. The van der Waals surface area contributed by atoms with Crippen molar-refractivity contribution < 1.29 is 9.47 Å². The predicted octanol–water partition coefficient (Wildman–Crippen LogP) is 2.18. The summed E-state index contributed by atoms with van der Waals surface area (Å²) in [6.07, 6.45) is 0. The lowest BCUT2D eigenvalue weighted by Gasteiger charge is -2.16. The van der Waals surface area contributed by atoms with Crippen LogP contribution in [-0.2, 0) is 0 Å². The molecule has 0 aliphatic carbocycles. The molecule has 0 amide bonds. The van der Waals surface area contributed by atoms with Crippen LogP contribution >= 0.6 is 0 Å². The molecule has 98 valence electrons. The first-order valence-corrected chi connectivity index (χ1v) is 6.41. The van der Waals surface area contributed by atoms with Crippen molar-refractivity contribution in [2.24, 2.45) is 4.99 Å². The van der Waals surface area contributed by atoms with Crippen LogP contribution in [0.25, 0.3) is 0 Å². The van der Waals surface area contributed by atoms with Gasteiger partial charge in [-0.05, 0) is 32.0 Å². The van der Waals surface area contributed by atoms with Crippen molar-refractivity contribution in [1.29, 1.82) is 0 Å². The summed E-state index contributed by atoms with van der Waals surface area (Å²) in [6.45, 7) is 7.06. The smallest absolute Gasteiger partial charge is 0.161 e. The summed E-state index contributed by atoms with van der Waals surface area (Å²) in [5.74, 6) is 2.61. The fraction of sp³-hybridized carbons (Fsp3) is 0.500. The van der Waals surface area contributed by atoms with Gasteiger partial charge in [0.1, 0.15) is 5.84 Å². The van der Waals surface area contributed by atoms with Crippen LogP contribution in [0.5, 0.6) is 11.5 Å². The number of hydrogen-bond donors (Lipinski definition) is 0. The molecule has 0 spiro atoms. The lowest BCUT2D eigenvalue weighted by atomic mass is 10.1. The van der Waals surface area contributed by atoms with Crippen LogP contribution in [0.2, 0.25) is 0 Å². The molecule has 0 N–H and O–H groups in total. The summed E-state index contributed by atoms with van der Waals surface area (Å²) >= 11 is 0. The number of aliphatic imine (C=N–C) groups is 1. The fourth-order valence-electron chi connectivity index (χ4n) is 2.03. The summed E-state index contributed by atoms with van der Waals surface area (Å²) in [5, 5.41) is 0. The molecule has 1 heterocycles. The van der Waals surface area contributed by atoms with Gasteiger partial charge in [-0.3, -0.25) is 4.99 Å². The van der Waals surface area contributed by atoms with E-state index in [1.165, 1.54) is 0 Å². The Balaban J connectivity index is 2.30. The normalized spacial score (nSPS) is 14.6. The Labute approximate surface area is 108 Å². The average Bonchev–Trinajstić information content (AvgIpc) is 2.78. The highest BCUT2D eigenvalue weighted by molar-refractivity contribution is 6.00. The summed E-state index contributed by atoms with van der Waals surface area (Å²) < 4.78 is 11.2. The third-order valence-electron chi connectivity index (χ3n) is 2.86. The van der Waals surface area contributed by atoms with Gasteiger partial charge in [0, 0.05) is 19.2 Å². The molecule has 1 aromatic carbocycles. The summed E-state index contributed by atoms with van der Waals surface area (Å²) in [5.41, 5.74) is 1.09. The first-order chi connectivity index (χ1) is 8.76. The molecule has 4 heteroatoms. The zero-order chi connectivity index (χ0) is 13.0. The molecule has 0 aromatic heterocycles. The molecule has 1 aliphatic rings. The molecular weight excluding hydrogens is 228 g/mol. The maximum Gasteiger partial charge on any atom is 0.161 e. The standard InChI is InChI=1S/C14H20N2O2/c1-4-17-12-7-6-11(10-13(12)18-5-2)14-15-8-9-16(14)3/h6-7,10H,4-5,8-9H2,1-3H3.